The van der Waals surface area contributed by atoms with Gasteiger partial charge in [0.1, 0.15) is 32.0 Å². The molecule has 0 rings (SSSR count). The molecule has 0 aromatic heterocycles. The SMILES string of the molecule is O=C(O)CCCCCCCCC(=O)OCC(O)COC(=O)CCCCCCCCC(=O)OCC(CO)OP(=O)(O)O. The molecule has 0 saturated carbocycles. The molecule has 2 atom stereocenters. The third-order valence-electron chi connectivity index (χ3n) is 5.83. The second-order valence-corrected chi connectivity index (χ2v) is 10.9. The predicted molar refractivity (Wildman–Crippen MR) is 144 cm³/mol. The second kappa shape index (κ2) is 24.5. The van der Waals surface area contributed by atoms with E-state index in [0.29, 0.717) is 25.7 Å². The first kappa shape index (κ1) is 38.9. The molecule has 240 valence electrons. The quantitative estimate of drug-likeness (QED) is 0.0388. The van der Waals surface area contributed by atoms with Gasteiger partial charge in [0.05, 0.1) is 6.61 Å². The molecule has 0 saturated heterocycles. The van der Waals surface area contributed by atoms with Crippen molar-refractivity contribution in [2.24, 2.45) is 0 Å². The highest BCUT2D eigenvalue weighted by atomic mass is 31.2. The Balaban J connectivity index is 3.63. The van der Waals surface area contributed by atoms with Crippen LogP contribution in [-0.4, -0.2) is 87.6 Å². The molecule has 0 radical (unpaired) electrons. The summed E-state index contributed by atoms with van der Waals surface area (Å²) < 4.78 is 29.9. The fraction of sp³-hybridized carbons (Fsp3) is 0.846. The van der Waals surface area contributed by atoms with Crippen molar-refractivity contribution < 1.29 is 67.6 Å². The molecule has 5 N–H and O–H groups in total. The monoisotopic (exact) mass is 614 g/mol. The van der Waals surface area contributed by atoms with Crippen LogP contribution in [-0.2, 0) is 42.5 Å². The Morgan fingerprint density at radius 1 is 0.585 bits per heavy atom. The number of phosphoric ester groups is 1. The summed E-state index contributed by atoms with van der Waals surface area (Å²) in [6.07, 6.45) is 7.52. The van der Waals surface area contributed by atoms with E-state index in [1.807, 2.05) is 0 Å². The summed E-state index contributed by atoms with van der Waals surface area (Å²) in [7, 11) is -4.79. The molecule has 0 aliphatic heterocycles. The number of ether oxygens (including phenoxy) is 3. The third-order valence-corrected chi connectivity index (χ3v) is 6.40. The minimum Gasteiger partial charge on any atom is -0.481 e. The molecular formula is C26H47O14P. The van der Waals surface area contributed by atoms with Crippen LogP contribution < -0.4 is 0 Å². The minimum atomic E-state index is -4.79. The van der Waals surface area contributed by atoms with Gasteiger partial charge in [0, 0.05) is 25.7 Å². The number of aliphatic hydroxyl groups excluding tert-OH is 2. The first-order chi connectivity index (χ1) is 19.4. The number of carboxylic acids is 1. The van der Waals surface area contributed by atoms with Gasteiger partial charge < -0.3 is 39.3 Å². The van der Waals surface area contributed by atoms with Gasteiger partial charge in [-0.2, -0.15) is 0 Å². The number of hydrogen-bond donors (Lipinski definition) is 5. The third kappa shape index (κ3) is 27.8. The molecule has 2 unspecified atom stereocenters. The van der Waals surface area contributed by atoms with Crippen LogP contribution in [0.5, 0.6) is 0 Å². The van der Waals surface area contributed by atoms with Gasteiger partial charge >= 0.3 is 31.7 Å². The number of aliphatic carboxylic acids is 1. The Kier molecular flexibility index (Phi) is 23.3. The zero-order valence-corrected chi connectivity index (χ0v) is 24.5. The Morgan fingerprint density at radius 2 is 0.927 bits per heavy atom. The zero-order valence-electron chi connectivity index (χ0n) is 23.7. The number of carboxylic acid groups (broad SMARTS) is 1. The molecule has 0 fully saturated rings. The molecule has 41 heavy (non-hydrogen) atoms. The van der Waals surface area contributed by atoms with E-state index in [1.54, 1.807) is 0 Å². The van der Waals surface area contributed by atoms with E-state index in [0.717, 1.165) is 51.4 Å². The standard InChI is InChI=1S/C26H47O14P/c27-17-22(40-41(34,35)36)20-39-26(33)16-12-8-4-3-7-11-15-25(32)38-19-21(28)18-37-24(31)14-10-6-2-1-5-9-13-23(29)30/h21-22,27-28H,1-20H2,(H,29,30)(H2,34,35,36). The van der Waals surface area contributed by atoms with Crippen LogP contribution in [0.15, 0.2) is 0 Å². The van der Waals surface area contributed by atoms with E-state index < -0.39 is 57.1 Å². The summed E-state index contributed by atoms with van der Waals surface area (Å²) in [5.41, 5.74) is 0. The first-order valence-electron chi connectivity index (χ1n) is 14.1. The molecule has 0 aromatic carbocycles. The lowest BCUT2D eigenvalue weighted by Crippen LogP contribution is -2.25. The van der Waals surface area contributed by atoms with Crippen molar-refractivity contribution in [2.45, 2.75) is 115 Å². The molecule has 0 aromatic rings. The summed E-state index contributed by atoms with van der Waals surface area (Å²) in [6, 6.07) is 0. The molecule has 0 bridgehead atoms. The maximum absolute atomic E-state index is 11.8. The van der Waals surface area contributed by atoms with E-state index in [-0.39, 0.29) is 38.9 Å². The molecular weight excluding hydrogens is 567 g/mol. The van der Waals surface area contributed by atoms with Gasteiger partial charge in [0.2, 0.25) is 0 Å². The van der Waals surface area contributed by atoms with Crippen LogP contribution in [0, 0.1) is 0 Å². The zero-order chi connectivity index (χ0) is 30.9. The topological polar surface area (TPSA) is 223 Å². The highest BCUT2D eigenvalue weighted by Gasteiger charge is 2.23. The number of aliphatic hydroxyl groups is 2. The lowest BCUT2D eigenvalue weighted by atomic mass is 10.1. The minimum absolute atomic E-state index is 0.121. The van der Waals surface area contributed by atoms with E-state index in [1.165, 1.54) is 0 Å². The van der Waals surface area contributed by atoms with Crippen LogP contribution in [0.1, 0.15) is 103 Å². The lowest BCUT2D eigenvalue weighted by molar-refractivity contribution is -0.152. The van der Waals surface area contributed by atoms with Crippen LogP contribution >= 0.6 is 7.82 Å². The van der Waals surface area contributed by atoms with Crippen LogP contribution in [0.4, 0.5) is 0 Å². The fourth-order valence-corrected chi connectivity index (χ4v) is 4.15. The number of hydrogen-bond acceptors (Lipinski definition) is 11. The molecule has 0 aliphatic rings. The van der Waals surface area contributed by atoms with Gasteiger partial charge in [-0.3, -0.25) is 23.7 Å². The van der Waals surface area contributed by atoms with Crippen molar-refractivity contribution in [1.82, 2.24) is 0 Å². The van der Waals surface area contributed by atoms with Crippen molar-refractivity contribution in [2.75, 3.05) is 26.4 Å². The summed E-state index contributed by atoms with van der Waals surface area (Å²) >= 11 is 0. The van der Waals surface area contributed by atoms with Crippen LogP contribution in [0.25, 0.3) is 0 Å². The van der Waals surface area contributed by atoms with E-state index >= 15 is 0 Å². The molecule has 0 amide bonds. The summed E-state index contributed by atoms with van der Waals surface area (Å²) in [4.78, 5) is 63.0. The number of unbranched alkanes of at least 4 members (excludes halogenated alkanes) is 10. The van der Waals surface area contributed by atoms with Crippen molar-refractivity contribution in [1.29, 1.82) is 0 Å². The average molecular weight is 615 g/mol. The van der Waals surface area contributed by atoms with Crippen molar-refractivity contribution in [3.63, 3.8) is 0 Å². The van der Waals surface area contributed by atoms with Gasteiger partial charge in [-0.15, -0.1) is 0 Å². The van der Waals surface area contributed by atoms with Gasteiger partial charge in [0.25, 0.3) is 0 Å². The maximum Gasteiger partial charge on any atom is 0.470 e. The fourth-order valence-electron chi connectivity index (χ4n) is 3.64. The van der Waals surface area contributed by atoms with Crippen LogP contribution in [0.3, 0.4) is 0 Å². The van der Waals surface area contributed by atoms with Crippen molar-refractivity contribution in [3.05, 3.63) is 0 Å². The van der Waals surface area contributed by atoms with Gasteiger partial charge in [-0.05, 0) is 25.7 Å². The van der Waals surface area contributed by atoms with Crippen LogP contribution in [0.2, 0.25) is 0 Å². The normalized spacial score (nSPS) is 12.9. The van der Waals surface area contributed by atoms with Crippen molar-refractivity contribution >= 4 is 31.7 Å². The molecule has 0 spiro atoms. The summed E-state index contributed by atoms with van der Waals surface area (Å²) in [5.74, 6) is -2.23. The van der Waals surface area contributed by atoms with E-state index in [4.69, 9.17) is 34.2 Å². The number of phosphoric acid groups is 1. The second-order valence-electron chi connectivity index (χ2n) is 9.74. The Labute approximate surface area is 240 Å². The van der Waals surface area contributed by atoms with E-state index in [2.05, 4.69) is 4.52 Å². The molecule has 0 aliphatic carbocycles. The van der Waals surface area contributed by atoms with Gasteiger partial charge in [-0.1, -0.05) is 51.4 Å². The highest BCUT2D eigenvalue weighted by Crippen LogP contribution is 2.37. The first-order valence-corrected chi connectivity index (χ1v) is 15.7. The van der Waals surface area contributed by atoms with E-state index in [9.17, 15) is 28.8 Å². The molecule has 14 nitrogen and oxygen atoms in total. The predicted octanol–water partition coefficient (Wildman–Crippen LogP) is 2.77. The summed E-state index contributed by atoms with van der Waals surface area (Å²) in [5, 5.41) is 27.4. The van der Waals surface area contributed by atoms with Gasteiger partial charge in [-0.25, -0.2) is 4.57 Å². The summed E-state index contributed by atoms with van der Waals surface area (Å²) in [6.45, 7) is -1.68. The Bertz CT molecular complexity index is 784. The van der Waals surface area contributed by atoms with Crippen molar-refractivity contribution in [3.8, 4) is 0 Å². The largest absolute Gasteiger partial charge is 0.481 e. The van der Waals surface area contributed by atoms with Gasteiger partial charge in [0.15, 0.2) is 0 Å². The maximum atomic E-state index is 11.8. The highest BCUT2D eigenvalue weighted by molar-refractivity contribution is 7.46. The molecule has 0 heterocycles. The lowest BCUT2D eigenvalue weighted by Gasteiger charge is -2.15. The number of rotatable bonds is 27. The number of carbonyl (C=O) groups excluding carboxylic acids is 3. The number of esters is 3. The molecule has 15 heteroatoms. The smallest absolute Gasteiger partial charge is 0.470 e. The number of carbonyl (C=O) groups is 4. The Morgan fingerprint density at radius 3 is 1.27 bits per heavy atom. The average Bonchev–Trinajstić information content (AvgIpc) is 2.90. The Hall–Kier alpha value is -2.09.